The number of thiophene rings is 1. The third kappa shape index (κ3) is 4.49. The minimum absolute atomic E-state index is 0.0110. The van der Waals surface area contributed by atoms with Crippen LogP contribution in [0.2, 0.25) is 0 Å². The van der Waals surface area contributed by atoms with E-state index >= 15 is 0 Å². The number of carbonyl (C=O) groups excluding carboxylic acids is 1. The Bertz CT molecular complexity index is 1150. The lowest BCUT2D eigenvalue weighted by molar-refractivity contribution is -0.121. The summed E-state index contributed by atoms with van der Waals surface area (Å²) in [5, 5.41) is 7.33. The molecule has 0 radical (unpaired) electrons. The summed E-state index contributed by atoms with van der Waals surface area (Å²) < 4.78 is 0. The van der Waals surface area contributed by atoms with Crippen LogP contribution in [0.3, 0.4) is 0 Å². The molecule has 2 N–H and O–H groups in total. The molecular weight excluding hydrogens is 392 g/mol. The van der Waals surface area contributed by atoms with Crippen LogP contribution in [-0.2, 0) is 11.3 Å². The predicted molar refractivity (Wildman–Crippen MR) is 124 cm³/mol. The highest BCUT2D eigenvalue weighted by Gasteiger charge is 2.16. The number of nitrogens with zero attached hydrogens (tertiary/aromatic N) is 2. The molecule has 0 bridgehead atoms. The van der Waals surface area contributed by atoms with Crippen molar-refractivity contribution in [2.24, 2.45) is 0 Å². The zero-order valence-electron chi connectivity index (χ0n) is 17.1. The molecule has 0 aliphatic rings. The van der Waals surface area contributed by atoms with Crippen LogP contribution in [0.4, 0.5) is 5.82 Å². The van der Waals surface area contributed by atoms with Gasteiger partial charge in [-0.25, -0.2) is 9.97 Å². The molecule has 1 amide bonds. The van der Waals surface area contributed by atoms with Crippen LogP contribution in [-0.4, -0.2) is 22.4 Å². The lowest BCUT2D eigenvalue weighted by Gasteiger charge is -2.10. The van der Waals surface area contributed by atoms with Gasteiger partial charge in [0.15, 0.2) is 0 Å². The van der Waals surface area contributed by atoms with Crippen LogP contribution in [0.5, 0.6) is 0 Å². The molecule has 0 atom stereocenters. The first-order valence-corrected chi connectivity index (χ1v) is 10.8. The van der Waals surface area contributed by atoms with Crippen LogP contribution < -0.4 is 10.6 Å². The Balaban J connectivity index is 1.46. The van der Waals surface area contributed by atoms with E-state index in [1.807, 2.05) is 30.3 Å². The average molecular weight is 417 g/mol. The van der Waals surface area contributed by atoms with Gasteiger partial charge in [0.1, 0.15) is 17.0 Å². The highest BCUT2D eigenvalue weighted by atomic mass is 32.1. The number of hydrogen-bond acceptors (Lipinski definition) is 5. The summed E-state index contributed by atoms with van der Waals surface area (Å²) in [4.78, 5) is 23.3. The summed E-state index contributed by atoms with van der Waals surface area (Å²) in [6, 6.07) is 18.4. The molecule has 2 heterocycles. The number of carbonyl (C=O) groups is 1. The Morgan fingerprint density at radius 3 is 2.53 bits per heavy atom. The van der Waals surface area contributed by atoms with E-state index in [0.29, 0.717) is 19.5 Å². The number of fused-ring (bicyclic) bond motifs is 1. The van der Waals surface area contributed by atoms with E-state index in [-0.39, 0.29) is 5.91 Å². The molecule has 6 heteroatoms. The van der Waals surface area contributed by atoms with E-state index < -0.39 is 0 Å². The van der Waals surface area contributed by atoms with Crippen molar-refractivity contribution in [1.29, 1.82) is 0 Å². The highest BCUT2D eigenvalue weighted by Crippen LogP contribution is 2.40. The number of hydrogen-bond donors (Lipinski definition) is 2. The van der Waals surface area contributed by atoms with Crippen molar-refractivity contribution in [2.75, 3.05) is 11.9 Å². The van der Waals surface area contributed by atoms with E-state index in [4.69, 9.17) is 0 Å². The van der Waals surface area contributed by atoms with Gasteiger partial charge in [-0.2, -0.15) is 0 Å². The van der Waals surface area contributed by atoms with Gasteiger partial charge in [-0.15, -0.1) is 11.3 Å². The quantitative estimate of drug-likeness (QED) is 0.440. The number of benzene rings is 2. The van der Waals surface area contributed by atoms with Gasteiger partial charge < -0.3 is 10.6 Å². The third-order valence-corrected chi connectivity index (χ3v) is 5.99. The van der Waals surface area contributed by atoms with Crippen LogP contribution in [0.15, 0.2) is 60.9 Å². The number of nitrogens with one attached hydrogen (secondary N) is 2. The molecule has 4 aromatic rings. The van der Waals surface area contributed by atoms with E-state index in [2.05, 4.69) is 58.7 Å². The molecular formula is C24H24N4OS. The molecule has 2 aromatic carbocycles. The van der Waals surface area contributed by atoms with Crippen molar-refractivity contribution >= 4 is 33.3 Å². The van der Waals surface area contributed by atoms with Crippen molar-refractivity contribution in [3.63, 3.8) is 0 Å². The summed E-state index contributed by atoms with van der Waals surface area (Å²) in [7, 11) is 0. The second-order valence-corrected chi connectivity index (χ2v) is 8.44. The van der Waals surface area contributed by atoms with Gasteiger partial charge >= 0.3 is 0 Å². The first kappa shape index (κ1) is 20.0. The molecule has 2 aromatic heterocycles. The van der Waals surface area contributed by atoms with Crippen molar-refractivity contribution < 1.29 is 4.79 Å². The van der Waals surface area contributed by atoms with Crippen LogP contribution in [0, 0.1) is 13.8 Å². The monoisotopic (exact) mass is 416 g/mol. The van der Waals surface area contributed by atoms with Crippen LogP contribution >= 0.6 is 11.3 Å². The summed E-state index contributed by atoms with van der Waals surface area (Å²) in [5.74, 6) is 0.785. The normalized spacial score (nSPS) is 10.9. The Kier molecular flexibility index (Phi) is 6.05. The maximum Gasteiger partial charge on any atom is 0.222 e. The van der Waals surface area contributed by atoms with Gasteiger partial charge in [0.05, 0.1) is 5.39 Å². The van der Waals surface area contributed by atoms with E-state index in [0.717, 1.165) is 32.7 Å². The molecule has 30 heavy (non-hydrogen) atoms. The van der Waals surface area contributed by atoms with E-state index in [1.54, 1.807) is 17.7 Å². The molecule has 0 saturated carbocycles. The molecule has 152 valence electrons. The predicted octanol–water partition coefficient (Wildman–Crippen LogP) is 5.09. The zero-order chi connectivity index (χ0) is 20.9. The van der Waals surface area contributed by atoms with Gasteiger partial charge in [-0.3, -0.25) is 4.79 Å². The van der Waals surface area contributed by atoms with Crippen molar-refractivity contribution in [3.05, 3.63) is 76.9 Å². The largest absolute Gasteiger partial charge is 0.369 e. The first-order chi connectivity index (χ1) is 14.6. The summed E-state index contributed by atoms with van der Waals surface area (Å²) in [6.45, 7) is 5.25. The smallest absolute Gasteiger partial charge is 0.222 e. The number of amides is 1. The first-order valence-electron chi connectivity index (χ1n) is 9.97. The second kappa shape index (κ2) is 9.05. The number of aryl methyl sites for hydroxylation is 2. The Morgan fingerprint density at radius 2 is 1.77 bits per heavy atom. The summed E-state index contributed by atoms with van der Waals surface area (Å²) >= 11 is 1.67. The van der Waals surface area contributed by atoms with Gasteiger partial charge in [-0.1, -0.05) is 60.2 Å². The maximum absolute atomic E-state index is 12.2. The number of aromatic nitrogens is 2. The lowest BCUT2D eigenvalue weighted by Crippen LogP contribution is -2.25. The van der Waals surface area contributed by atoms with E-state index in [9.17, 15) is 4.79 Å². The summed E-state index contributed by atoms with van der Waals surface area (Å²) in [6.07, 6.45) is 1.95. The molecule has 0 spiro atoms. The maximum atomic E-state index is 12.2. The Labute approximate surface area is 180 Å². The number of rotatable bonds is 7. The Hall–Kier alpha value is -3.25. The molecule has 5 nitrogen and oxygen atoms in total. The number of anilines is 1. The highest BCUT2D eigenvalue weighted by molar-refractivity contribution is 7.19. The SMILES string of the molecule is Cc1ccc(-c2c(C)sc3ncnc(NCCC(=O)NCc4ccccc4)c23)cc1. The second-order valence-electron chi connectivity index (χ2n) is 7.24. The lowest BCUT2D eigenvalue weighted by atomic mass is 10.0. The van der Waals surface area contributed by atoms with Gasteiger partial charge in [0, 0.05) is 30.0 Å². The van der Waals surface area contributed by atoms with Crippen molar-refractivity contribution in [3.8, 4) is 11.1 Å². The fourth-order valence-electron chi connectivity index (χ4n) is 3.43. The van der Waals surface area contributed by atoms with Crippen molar-refractivity contribution in [1.82, 2.24) is 15.3 Å². The zero-order valence-corrected chi connectivity index (χ0v) is 17.9. The van der Waals surface area contributed by atoms with Crippen molar-refractivity contribution in [2.45, 2.75) is 26.8 Å². The topological polar surface area (TPSA) is 66.9 Å². The fraction of sp³-hybridized carbons (Fsp3) is 0.208. The molecule has 4 rings (SSSR count). The van der Waals surface area contributed by atoms with Crippen LogP contribution in [0.1, 0.15) is 22.4 Å². The van der Waals surface area contributed by atoms with Gasteiger partial charge in [0.25, 0.3) is 0 Å². The molecule has 0 unspecified atom stereocenters. The van der Waals surface area contributed by atoms with E-state index in [1.165, 1.54) is 10.4 Å². The van der Waals surface area contributed by atoms with Gasteiger partial charge in [0.2, 0.25) is 5.91 Å². The van der Waals surface area contributed by atoms with Crippen LogP contribution in [0.25, 0.3) is 21.3 Å². The third-order valence-electron chi connectivity index (χ3n) is 4.98. The Morgan fingerprint density at radius 1 is 1.00 bits per heavy atom. The fourth-order valence-corrected chi connectivity index (χ4v) is 4.44. The summed E-state index contributed by atoms with van der Waals surface area (Å²) in [5.41, 5.74) is 4.63. The molecule has 0 fully saturated rings. The standard InChI is InChI=1S/C24H24N4OS/c1-16-8-10-19(11-9-16)21-17(2)30-24-22(21)23(27-15-28-24)25-13-12-20(29)26-14-18-6-4-3-5-7-18/h3-11,15H,12-14H2,1-2H3,(H,26,29)(H,25,27,28). The minimum Gasteiger partial charge on any atom is -0.369 e. The minimum atomic E-state index is 0.0110. The average Bonchev–Trinajstić information content (AvgIpc) is 3.10. The van der Waals surface area contributed by atoms with Gasteiger partial charge in [-0.05, 0) is 25.0 Å². The molecule has 0 saturated heterocycles. The molecule has 0 aliphatic carbocycles. The molecule has 0 aliphatic heterocycles.